The fourth-order valence-corrected chi connectivity index (χ4v) is 4.37. The topological polar surface area (TPSA) is 29.0 Å². The van der Waals surface area contributed by atoms with E-state index in [1.54, 1.807) is 11.3 Å². The maximum Gasteiger partial charge on any atom is 0.225 e. The van der Waals surface area contributed by atoms with E-state index in [2.05, 4.69) is 34.9 Å². The molecule has 2 heterocycles. The van der Waals surface area contributed by atoms with Crippen LogP contribution >= 0.6 is 22.9 Å². The van der Waals surface area contributed by atoms with Crippen LogP contribution in [0.1, 0.15) is 50.3 Å². The molecule has 21 heavy (non-hydrogen) atoms. The van der Waals surface area contributed by atoms with Crippen molar-refractivity contribution < 1.29 is 0 Å². The smallest absolute Gasteiger partial charge is 0.225 e. The zero-order valence-electron chi connectivity index (χ0n) is 12.7. The number of anilines is 1. The van der Waals surface area contributed by atoms with E-state index in [0.717, 1.165) is 22.5 Å². The summed E-state index contributed by atoms with van der Waals surface area (Å²) >= 11 is 7.88. The molecule has 0 unspecified atom stereocenters. The lowest BCUT2D eigenvalue weighted by Crippen LogP contribution is -2.32. The first-order valence-corrected chi connectivity index (χ1v) is 9.07. The maximum absolute atomic E-state index is 6.15. The summed E-state index contributed by atoms with van der Waals surface area (Å²) in [6, 6.07) is 2.81. The number of hydrogen-bond donors (Lipinski definition) is 0. The van der Waals surface area contributed by atoms with Gasteiger partial charge in [0.05, 0.1) is 5.39 Å². The molecule has 0 amide bonds. The van der Waals surface area contributed by atoms with Crippen molar-refractivity contribution in [3.8, 4) is 0 Å². The molecule has 0 atom stereocenters. The summed E-state index contributed by atoms with van der Waals surface area (Å²) in [5.41, 5.74) is 0. The fraction of sp³-hybridized carbons (Fsp3) is 0.625. The van der Waals surface area contributed by atoms with Crippen molar-refractivity contribution in [3.05, 3.63) is 16.2 Å². The Bertz CT molecular complexity index is 617. The molecule has 1 saturated carbocycles. The molecule has 0 saturated heterocycles. The van der Waals surface area contributed by atoms with Crippen LogP contribution in [-0.2, 0) is 6.42 Å². The molecule has 1 aliphatic rings. The van der Waals surface area contributed by atoms with Crippen LogP contribution in [0.5, 0.6) is 0 Å². The fourth-order valence-electron chi connectivity index (χ4n) is 3.19. The zero-order chi connectivity index (χ0) is 14.8. The first kappa shape index (κ1) is 15.0. The largest absolute Gasteiger partial charge is 0.356 e. The van der Waals surface area contributed by atoms with Gasteiger partial charge in [-0.05, 0) is 36.9 Å². The Balaban J connectivity index is 1.99. The Labute approximate surface area is 135 Å². The van der Waals surface area contributed by atoms with Gasteiger partial charge < -0.3 is 4.90 Å². The second kappa shape index (κ2) is 6.49. The van der Waals surface area contributed by atoms with Crippen LogP contribution in [-0.4, -0.2) is 23.1 Å². The number of aryl methyl sites for hydroxylation is 1. The molecule has 1 aliphatic carbocycles. The normalized spacial score (nSPS) is 17.1. The SMILES string of the molecule is CCc1cc2c(N(C)C3CCCCCC3)nc(Cl)nc2s1. The second-order valence-electron chi connectivity index (χ2n) is 5.86. The summed E-state index contributed by atoms with van der Waals surface area (Å²) < 4.78 is 0. The van der Waals surface area contributed by atoms with Crippen molar-refractivity contribution in [2.75, 3.05) is 11.9 Å². The summed E-state index contributed by atoms with van der Waals surface area (Å²) in [6.07, 6.45) is 8.91. The predicted molar refractivity (Wildman–Crippen MR) is 91.7 cm³/mol. The van der Waals surface area contributed by atoms with E-state index in [9.17, 15) is 0 Å². The van der Waals surface area contributed by atoms with Gasteiger partial charge in [0.1, 0.15) is 10.6 Å². The van der Waals surface area contributed by atoms with Gasteiger partial charge in [0, 0.05) is 18.0 Å². The summed E-state index contributed by atoms with van der Waals surface area (Å²) in [7, 11) is 2.16. The van der Waals surface area contributed by atoms with Gasteiger partial charge in [0.25, 0.3) is 0 Å². The summed E-state index contributed by atoms with van der Waals surface area (Å²) in [6.45, 7) is 2.18. The predicted octanol–water partition coefficient (Wildman–Crippen LogP) is 5.07. The number of hydrogen-bond acceptors (Lipinski definition) is 4. The highest BCUT2D eigenvalue weighted by molar-refractivity contribution is 7.18. The average Bonchev–Trinajstić information content (AvgIpc) is 2.71. The van der Waals surface area contributed by atoms with Crippen molar-refractivity contribution >= 4 is 39.0 Å². The van der Waals surface area contributed by atoms with E-state index in [-0.39, 0.29) is 0 Å². The van der Waals surface area contributed by atoms with Crippen molar-refractivity contribution in [1.29, 1.82) is 0 Å². The number of nitrogens with zero attached hydrogens (tertiary/aromatic N) is 3. The monoisotopic (exact) mass is 323 g/mol. The second-order valence-corrected chi connectivity index (χ2v) is 7.31. The zero-order valence-corrected chi connectivity index (χ0v) is 14.3. The highest BCUT2D eigenvalue weighted by Crippen LogP contribution is 2.34. The lowest BCUT2D eigenvalue weighted by Gasteiger charge is -2.28. The summed E-state index contributed by atoms with van der Waals surface area (Å²) in [5, 5.41) is 1.52. The van der Waals surface area contributed by atoms with Crippen molar-refractivity contribution in [3.63, 3.8) is 0 Å². The third-order valence-electron chi connectivity index (χ3n) is 4.45. The van der Waals surface area contributed by atoms with E-state index >= 15 is 0 Å². The van der Waals surface area contributed by atoms with Crippen molar-refractivity contribution in [2.24, 2.45) is 0 Å². The highest BCUT2D eigenvalue weighted by Gasteiger charge is 2.21. The van der Waals surface area contributed by atoms with Gasteiger partial charge >= 0.3 is 0 Å². The van der Waals surface area contributed by atoms with Gasteiger partial charge in [0.2, 0.25) is 5.28 Å². The third-order valence-corrected chi connectivity index (χ3v) is 5.79. The van der Waals surface area contributed by atoms with Crippen LogP contribution in [0.4, 0.5) is 5.82 Å². The minimum absolute atomic E-state index is 0.363. The van der Waals surface area contributed by atoms with E-state index in [0.29, 0.717) is 11.3 Å². The average molecular weight is 324 g/mol. The van der Waals surface area contributed by atoms with Crippen LogP contribution in [0, 0.1) is 0 Å². The van der Waals surface area contributed by atoms with E-state index in [1.165, 1.54) is 43.4 Å². The van der Waals surface area contributed by atoms with Gasteiger partial charge in [-0.15, -0.1) is 11.3 Å². The van der Waals surface area contributed by atoms with Crippen LogP contribution in [0.25, 0.3) is 10.2 Å². The molecular formula is C16H22ClN3S. The van der Waals surface area contributed by atoms with Crippen molar-refractivity contribution in [1.82, 2.24) is 9.97 Å². The molecule has 0 spiro atoms. The standard InChI is InChI=1S/C16H22ClN3S/c1-3-12-10-13-14(18-16(17)19-15(13)21-12)20(2)11-8-6-4-5-7-9-11/h10-11H,3-9H2,1-2H3. The van der Waals surface area contributed by atoms with E-state index in [4.69, 9.17) is 11.6 Å². The molecule has 3 rings (SSSR count). The van der Waals surface area contributed by atoms with Gasteiger partial charge in [-0.1, -0.05) is 32.6 Å². The molecular weight excluding hydrogens is 302 g/mol. The maximum atomic E-state index is 6.15. The first-order chi connectivity index (χ1) is 10.2. The summed E-state index contributed by atoms with van der Waals surface area (Å²) in [4.78, 5) is 13.6. The van der Waals surface area contributed by atoms with E-state index < -0.39 is 0 Å². The Morgan fingerprint density at radius 3 is 2.62 bits per heavy atom. The number of thiophene rings is 1. The molecule has 3 nitrogen and oxygen atoms in total. The Morgan fingerprint density at radius 1 is 1.24 bits per heavy atom. The van der Waals surface area contributed by atoms with Gasteiger partial charge in [-0.25, -0.2) is 4.98 Å². The minimum Gasteiger partial charge on any atom is -0.356 e. The molecule has 0 aromatic carbocycles. The van der Waals surface area contributed by atoms with Gasteiger partial charge in [-0.2, -0.15) is 4.98 Å². The Kier molecular flexibility index (Phi) is 4.65. The Hall–Kier alpha value is -0.870. The molecule has 5 heteroatoms. The molecule has 1 fully saturated rings. The number of fused-ring (bicyclic) bond motifs is 1. The van der Waals surface area contributed by atoms with Crippen LogP contribution < -0.4 is 4.90 Å². The van der Waals surface area contributed by atoms with Crippen LogP contribution in [0.3, 0.4) is 0 Å². The molecule has 2 aromatic rings. The number of halogens is 1. The molecule has 0 aliphatic heterocycles. The first-order valence-electron chi connectivity index (χ1n) is 7.88. The molecule has 0 N–H and O–H groups in total. The van der Waals surface area contributed by atoms with Crippen LogP contribution in [0.2, 0.25) is 5.28 Å². The van der Waals surface area contributed by atoms with Crippen molar-refractivity contribution in [2.45, 2.75) is 57.9 Å². The number of aromatic nitrogens is 2. The quantitative estimate of drug-likeness (QED) is 0.583. The van der Waals surface area contributed by atoms with Crippen LogP contribution in [0.15, 0.2) is 6.07 Å². The van der Waals surface area contributed by atoms with E-state index in [1.807, 2.05) is 0 Å². The molecule has 0 bridgehead atoms. The lowest BCUT2D eigenvalue weighted by molar-refractivity contribution is 0.550. The van der Waals surface area contributed by atoms with Gasteiger partial charge in [0.15, 0.2) is 0 Å². The van der Waals surface area contributed by atoms with Gasteiger partial charge in [-0.3, -0.25) is 0 Å². The molecule has 0 radical (unpaired) electrons. The third kappa shape index (κ3) is 3.16. The molecule has 2 aromatic heterocycles. The minimum atomic E-state index is 0.363. The highest BCUT2D eigenvalue weighted by atomic mass is 35.5. The number of rotatable bonds is 3. The lowest BCUT2D eigenvalue weighted by atomic mass is 10.1. The summed E-state index contributed by atoms with van der Waals surface area (Å²) in [5.74, 6) is 1.01. The Morgan fingerprint density at radius 2 is 1.95 bits per heavy atom. The molecule has 114 valence electrons.